The normalized spacial score (nSPS) is 18.2. The van der Waals surface area contributed by atoms with Crippen LogP contribution in [0.15, 0.2) is 42.7 Å². The molecule has 0 spiro atoms. The molecule has 1 aliphatic carbocycles. The van der Waals surface area contributed by atoms with Crippen molar-refractivity contribution < 1.29 is 22.0 Å². The SMILES string of the molecule is CCCCCC1CCC(/C=C/c2cnc(-c3ccc4c(F)c(C#CC(F)(F)F)c(F)cc4c3)nc2)CC1. The molecule has 0 aliphatic heterocycles. The first kappa shape index (κ1) is 26.8. The third-order valence-electron chi connectivity index (χ3n) is 6.96. The molecule has 0 radical (unpaired) electrons. The maximum Gasteiger partial charge on any atom is 0.458 e. The third-order valence-corrected chi connectivity index (χ3v) is 6.96. The van der Waals surface area contributed by atoms with Crippen molar-refractivity contribution in [2.45, 2.75) is 64.5 Å². The van der Waals surface area contributed by atoms with Gasteiger partial charge in [0, 0.05) is 34.8 Å². The molecule has 7 heteroatoms. The van der Waals surface area contributed by atoms with Crippen molar-refractivity contribution in [1.29, 1.82) is 0 Å². The van der Waals surface area contributed by atoms with Crippen LogP contribution in [-0.4, -0.2) is 16.1 Å². The number of aromatic nitrogens is 2. The number of benzene rings is 2. The van der Waals surface area contributed by atoms with Gasteiger partial charge in [-0.2, -0.15) is 13.2 Å². The number of hydrogen-bond donors (Lipinski definition) is 0. The van der Waals surface area contributed by atoms with Gasteiger partial charge in [0.15, 0.2) is 5.82 Å². The van der Waals surface area contributed by atoms with E-state index < -0.39 is 23.4 Å². The van der Waals surface area contributed by atoms with Gasteiger partial charge >= 0.3 is 6.18 Å². The number of unbranched alkanes of at least 4 members (excludes halogenated alkanes) is 2. The van der Waals surface area contributed by atoms with Crippen molar-refractivity contribution >= 4 is 16.8 Å². The molecule has 3 aromatic rings. The zero-order valence-corrected chi connectivity index (χ0v) is 20.7. The summed E-state index contributed by atoms with van der Waals surface area (Å²) >= 11 is 0. The molecule has 1 saturated carbocycles. The molecule has 2 aromatic carbocycles. The van der Waals surface area contributed by atoms with E-state index in [4.69, 9.17) is 0 Å². The maximum atomic E-state index is 14.7. The Morgan fingerprint density at radius 3 is 2.41 bits per heavy atom. The highest BCUT2D eigenvalue weighted by Crippen LogP contribution is 2.33. The quantitative estimate of drug-likeness (QED) is 0.179. The van der Waals surface area contributed by atoms with E-state index in [1.165, 1.54) is 63.5 Å². The Bertz CT molecular complexity index is 1310. The Morgan fingerprint density at radius 2 is 1.73 bits per heavy atom. The molecular weight excluding hydrogens is 483 g/mol. The fourth-order valence-corrected chi connectivity index (χ4v) is 4.89. The Kier molecular flexibility index (Phi) is 8.58. The van der Waals surface area contributed by atoms with Gasteiger partial charge in [-0.15, -0.1) is 0 Å². The van der Waals surface area contributed by atoms with Crippen molar-refractivity contribution in [1.82, 2.24) is 9.97 Å². The summed E-state index contributed by atoms with van der Waals surface area (Å²) < 4.78 is 66.1. The van der Waals surface area contributed by atoms with Crippen LogP contribution in [0.1, 0.15) is 69.4 Å². The van der Waals surface area contributed by atoms with Gasteiger partial charge in [-0.3, -0.25) is 0 Å². The summed E-state index contributed by atoms with van der Waals surface area (Å²) in [6, 6.07) is 5.40. The minimum atomic E-state index is -4.84. The minimum absolute atomic E-state index is 0.0312. The van der Waals surface area contributed by atoms with Gasteiger partial charge in [-0.05, 0) is 55.0 Å². The number of nitrogens with zero attached hydrogens (tertiary/aromatic N) is 2. The molecule has 0 N–H and O–H groups in total. The molecule has 0 amide bonds. The first-order valence-electron chi connectivity index (χ1n) is 12.8. The summed E-state index contributed by atoms with van der Waals surface area (Å²) in [5.41, 5.74) is 0.506. The predicted octanol–water partition coefficient (Wildman–Crippen LogP) is 8.89. The van der Waals surface area contributed by atoms with Crippen LogP contribution in [0, 0.1) is 35.3 Å². The maximum absolute atomic E-state index is 14.7. The molecule has 0 bridgehead atoms. The number of allylic oxidation sites excluding steroid dienone is 1. The van der Waals surface area contributed by atoms with Crippen LogP contribution in [0.4, 0.5) is 22.0 Å². The number of hydrogen-bond acceptors (Lipinski definition) is 2. The molecule has 0 atom stereocenters. The smallest absolute Gasteiger partial charge is 0.236 e. The van der Waals surface area contributed by atoms with Gasteiger partial charge < -0.3 is 0 Å². The van der Waals surface area contributed by atoms with Gasteiger partial charge in [0.1, 0.15) is 11.6 Å². The summed E-state index contributed by atoms with van der Waals surface area (Å²) in [4.78, 5) is 8.79. The molecule has 0 saturated heterocycles. The Labute approximate surface area is 214 Å². The first-order chi connectivity index (χ1) is 17.7. The summed E-state index contributed by atoms with van der Waals surface area (Å²) in [6.45, 7) is 2.24. The fraction of sp³-hybridized carbons (Fsp3) is 0.400. The highest BCUT2D eigenvalue weighted by Gasteiger charge is 2.24. The second kappa shape index (κ2) is 11.9. The molecule has 1 heterocycles. The molecule has 194 valence electrons. The summed E-state index contributed by atoms with van der Waals surface area (Å²) in [6.07, 6.45) is 13.1. The largest absolute Gasteiger partial charge is 0.458 e. The van der Waals surface area contributed by atoms with Crippen LogP contribution in [0.5, 0.6) is 0 Å². The standard InChI is InChI=1S/C30H29F5N2/c1-2-3-4-5-20-6-8-21(9-7-20)10-11-22-18-36-29(37-19-22)23-12-13-25-24(16-23)17-27(31)26(28(25)32)14-15-30(33,34)35/h10-13,16-21H,2-9H2,1H3/b11-10+. The zero-order chi connectivity index (χ0) is 26.4. The van der Waals surface area contributed by atoms with Crippen molar-refractivity contribution in [3.8, 4) is 23.2 Å². The Hall–Kier alpha value is -3.27. The molecule has 1 aromatic heterocycles. The van der Waals surface area contributed by atoms with Crippen molar-refractivity contribution in [3.63, 3.8) is 0 Å². The van der Waals surface area contributed by atoms with E-state index in [1.54, 1.807) is 24.4 Å². The minimum Gasteiger partial charge on any atom is -0.236 e. The number of alkyl halides is 3. The molecule has 1 fully saturated rings. The van der Waals surface area contributed by atoms with Crippen LogP contribution in [0.3, 0.4) is 0 Å². The molecule has 37 heavy (non-hydrogen) atoms. The summed E-state index contributed by atoms with van der Waals surface area (Å²) in [5, 5.41) is 0.152. The lowest BCUT2D eigenvalue weighted by molar-refractivity contribution is -0.0696. The zero-order valence-electron chi connectivity index (χ0n) is 20.7. The third kappa shape index (κ3) is 7.15. The Balaban J connectivity index is 1.43. The topological polar surface area (TPSA) is 25.8 Å². The average Bonchev–Trinajstić information content (AvgIpc) is 2.87. The van der Waals surface area contributed by atoms with Crippen LogP contribution < -0.4 is 0 Å². The van der Waals surface area contributed by atoms with Crippen molar-refractivity contribution in [2.24, 2.45) is 11.8 Å². The van der Waals surface area contributed by atoms with E-state index in [-0.39, 0.29) is 10.8 Å². The lowest BCUT2D eigenvalue weighted by atomic mass is 9.79. The lowest BCUT2D eigenvalue weighted by Gasteiger charge is -2.26. The summed E-state index contributed by atoms with van der Waals surface area (Å²) in [5.74, 6) is 2.00. The van der Waals surface area contributed by atoms with Gasteiger partial charge in [0.05, 0.1) is 5.56 Å². The monoisotopic (exact) mass is 512 g/mol. The average molecular weight is 513 g/mol. The number of rotatable bonds is 7. The van der Waals surface area contributed by atoms with Gasteiger partial charge in [-0.1, -0.05) is 62.8 Å². The highest BCUT2D eigenvalue weighted by atomic mass is 19.4. The summed E-state index contributed by atoms with van der Waals surface area (Å²) in [7, 11) is 0. The highest BCUT2D eigenvalue weighted by molar-refractivity contribution is 5.88. The van der Waals surface area contributed by atoms with Crippen LogP contribution in [0.2, 0.25) is 0 Å². The van der Waals surface area contributed by atoms with E-state index >= 15 is 0 Å². The number of fused-ring (bicyclic) bond motifs is 1. The van der Waals surface area contributed by atoms with Gasteiger partial charge in [0.2, 0.25) is 0 Å². The van der Waals surface area contributed by atoms with Crippen molar-refractivity contribution in [2.75, 3.05) is 0 Å². The van der Waals surface area contributed by atoms with E-state index in [9.17, 15) is 22.0 Å². The fourth-order valence-electron chi connectivity index (χ4n) is 4.89. The van der Waals surface area contributed by atoms with Crippen molar-refractivity contribution in [3.05, 3.63) is 65.5 Å². The molecule has 4 rings (SSSR count). The number of halogens is 5. The molecule has 2 nitrogen and oxygen atoms in total. The molecule has 1 aliphatic rings. The van der Waals surface area contributed by atoms with Crippen LogP contribution in [-0.2, 0) is 0 Å². The van der Waals surface area contributed by atoms with E-state index in [1.807, 2.05) is 6.08 Å². The van der Waals surface area contributed by atoms with Crippen LogP contribution in [0.25, 0.3) is 28.2 Å². The Morgan fingerprint density at radius 1 is 1.00 bits per heavy atom. The van der Waals surface area contributed by atoms with Gasteiger partial charge in [0.25, 0.3) is 0 Å². The molecule has 0 unspecified atom stereocenters. The second-order valence-electron chi connectivity index (χ2n) is 9.71. The molecular formula is C30H29F5N2. The predicted molar refractivity (Wildman–Crippen MR) is 136 cm³/mol. The van der Waals surface area contributed by atoms with E-state index in [0.29, 0.717) is 17.3 Å². The second-order valence-corrected chi connectivity index (χ2v) is 9.71. The van der Waals surface area contributed by atoms with E-state index in [0.717, 1.165) is 23.5 Å². The first-order valence-corrected chi connectivity index (χ1v) is 12.8. The van der Waals surface area contributed by atoms with E-state index in [2.05, 4.69) is 23.0 Å². The lowest BCUT2D eigenvalue weighted by Crippen LogP contribution is -2.12. The van der Waals surface area contributed by atoms with Gasteiger partial charge in [-0.25, -0.2) is 18.7 Å². The van der Waals surface area contributed by atoms with Crippen LogP contribution >= 0.6 is 0 Å².